The van der Waals surface area contributed by atoms with E-state index in [9.17, 15) is 22.6 Å². The lowest BCUT2D eigenvalue weighted by molar-refractivity contribution is 0.0980. The van der Waals surface area contributed by atoms with Crippen molar-refractivity contribution < 1.29 is 27.3 Å². The maximum atomic E-state index is 13.9. The van der Waals surface area contributed by atoms with Gasteiger partial charge in [0, 0.05) is 22.9 Å². The number of carbonyl (C=O) groups is 2. The van der Waals surface area contributed by atoms with Gasteiger partial charge in [-0.3, -0.25) is 14.1 Å². The minimum absolute atomic E-state index is 0.0119. The molecule has 0 bridgehead atoms. The zero-order chi connectivity index (χ0) is 28.8. The molecule has 1 aliphatic carbocycles. The predicted molar refractivity (Wildman–Crippen MR) is 154 cm³/mol. The average molecular weight is 557 g/mol. The van der Waals surface area contributed by atoms with Crippen LogP contribution in [0.3, 0.4) is 0 Å². The Hall–Kier alpha value is -4.47. The first kappa shape index (κ1) is 27.1. The van der Waals surface area contributed by atoms with Gasteiger partial charge in [-0.25, -0.2) is 0 Å². The highest BCUT2D eigenvalue weighted by atomic mass is 32.2. The Morgan fingerprint density at radius 2 is 1.48 bits per heavy atom. The minimum Gasteiger partial charge on any atom is -0.455 e. The molecule has 0 heterocycles. The first-order chi connectivity index (χ1) is 19.1. The highest BCUT2D eigenvalue weighted by Gasteiger charge is 2.36. The summed E-state index contributed by atoms with van der Waals surface area (Å²) >= 11 is 0. The van der Waals surface area contributed by atoms with Crippen molar-refractivity contribution in [2.75, 3.05) is 11.1 Å². The van der Waals surface area contributed by atoms with Gasteiger partial charge in [0.2, 0.25) is 0 Å². The molecule has 204 valence electrons. The van der Waals surface area contributed by atoms with Crippen molar-refractivity contribution in [2.24, 2.45) is 0 Å². The van der Waals surface area contributed by atoms with Crippen molar-refractivity contribution in [1.82, 2.24) is 0 Å². The summed E-state index contributed by atoms with van der Waals surface area (Å²) in [6.45, 7) is 5.32. The zero-order valence-electron chi connectivity index (χ0n) is 22.2. The van der Waals surface area contributed by atoms with E-state index in [1.54, 1.807) is 74.5 Å². The number of nitrogens with one attached hydrogen (secondary N) is 1. The van der Waals surface area contributed by atoms with Crippen LogP contribution in [0.15, 0.2) is 71.6 Å². The quantitative estimate of drug-likeness (QED) is 0.158. The third kappa shape index (κ3) is 4.53. The fraction of sp³-hybridized carbons (Fsp3) is 0.161. The van der Waals surface area contributed by atoms with E-state index in [4.69, 9.17) is 10.5 Å². The molecule has 0 amide bonds. The second-order valence-electron chi connectivity index (χ2n) is 9.55. The Bertz CT molecular complexity index is 1800. The number of ether oxygens (including phenoxy) is 1. The van der Waals surface area contributed by atoms with Crippen LogP contribution in [-0.4, -0.2) is 24.5 Å². The monoisotopic (exact) mass is 556 g/mol. The maximum absolute atomic E-state index is 13.9. The number of para-hydroxylation sites is 1. The maximum Gasteiger partial charge on any atom is 0.295 e. The average Bonchev–Trinajstić information content (AvgIpc) is 2.93. The third-order valence-corrected chi connectivity index (χ3v) is 8.15. The number of ketones is 2. The summed E-state index contributed by atoms with van der Waals surface area (Å²) in [6.07, 6.45) is 0.800. The largest absolute Gasteiger partial charge is 0.455 e. The van der Waals surface area contributed by atoms with E-state index in [1.807, 2.05) is 13.0 Å². The molecule has 5 rings (SSSR count). The molecule has 0 radical (unpaired) electrons. The number of aryl methyl sites for hydroxylation is 2. The fourth-order valence-corrected chi connectivity index (χ4v) is 6.33. The van der Waals surface area contributed by atoms with Crippen molar-refractivity contribution in [3.8, 4) is 11.5 Å². The molecule has 40 heavy (non-hydrogen) atoms. The Labute approximate surface area is 232 Å². The summed E-state index contributed by atoms with van der Waals surface area (Å²) in [4.78, 5) is 27.4. The van der Waals surface area contributed by atoms with Gasteiger partial charge in [-0.2, -0.15) is 8.42 Å². The lowest BCUT2D eigenvalue weighted by atomic mass is 9.82. The fourth-order valence-electron chi connectivity index (χ4n) is 5.30. The van der Waals surface area contributed by atoms with Crippen LogP contribution in [0.25, 0.3) is 0 Å². The van der Waals surface area contributed by atoms with Gasteiger partial charge in [-0.05, 0) is 48.6 Å². The molecular formula is C31H28N2O6S. The van der Waals surface area contributed by atoms with Gasteiger partial charge in [-0.15, -0.1) is 0 Å². The molecule has 0 unspecified atom stereocenters. The van der Waals surface area contributed by atoms with Crippen molar-refractivity contribution in [3.05, 3.63) is 106 Å². The number of nitrogen functional groups attached to an aromatic ring is 1. The summed E-state index contributed by atoms with van der Waals surface area (Å²) in [5.74, 6) is -0.184. The van der Waals surface area contributed by atoms with E-state index in [1.165, 1.54) is 0 Å². The Morgan fingerprint density at radius 3 is 2.05 bits per heavy atom. The molecule has 9 heteroatoms. The van der Waals surface area contributed by atoms with Crippen LogP contribution in [0.1, 0.15) is 62.4 Å². The van der Waals surface area contributed by atoms with Gasteiger partial charge in [-0.1, -0.05) is 62.4 Å². The normalized spacial score (nSPS) is 12.6. The van der Waals surface area contributed by atoms with Crippen molar-refractivity contribution in [1.29, 1.82) is 0 Å². The second kappa shape index (κ2) is 10.3. The molecule has 4 aromatic rings. The highest BCUT2D eigenvalue weighted by Crippen LogP contribution is 2.44. The molecule has 0 atom stereocenters. The van der Waals surface area contributed by atoms with Crippen molar-refractivity contribution in [3.63, 3.8) is 0 Å². The molecule has 0 aliphatic heterocycles. The summed E-state index contributed by atoms with van der Waals surface area (Å²) < 4.78 is 40.9. The lowest BCUT2D eigenvalue weighted by Gasteiger charge is -2.26. The molecule has 4 N–H and O–H groups in total. The molecule has 0 saturated carbocycles. The van der Waals surface area contributed by atoms with E-state index in [2.05, 4.69) is 5.32 Å². The van der Waals surface area contributed by atoms with E-state index in [0.717, 1.165) is 5.56 Å². The summed E-state index contributed by atoms with van der Waals surface area (Å²) in [6, 6.07) is 18.6. The summed E-state index contributed by atoms with van der Waals surface area (Å²) in [5.41, 5.74) is 9.29. The number of fused-ring (bicyclic) bond motifs is 2. The number of benzene rings is 4. The molecule has 0 aromatic heterocycles. The first-order valence-electron chi connectivity index (χ1n) is 12.8. The Kier molecular flexibility index (Phi) is 6.95. The number of rotatable bonds is 7. The van der Waals surface area contributed by atoms with Crippen LogP contribution in [-0.2, 0) is 23.0 Å². The number of hydrogen-bond acceptors (Lipinski definition) is 7. The predicted octanol–water partition coefficient (Wildman–Crippen LogP) is 6.26. The van der Waals surface area contributed by atoms with Crippen molar-refractivity contribution in [2.45, 2.75) is 38.5 Å². The zero-order valence-corrected chi connectivity index (χ0v) is 23.1. The van der Waals surface area contributed by atoms with Crippen LogP contribution >= 0.6 is 0 Å². The molecule has 4 aromatic carbocycles. The lowest BCUT2D eigenvalue weighted by Crippen LogP contribution is -2.24. The van der Waals surface area contributed by atoms with Gasteiger partial charge in [0.1, 0.15) is 10.6 Å². The Balaban J connectivity index is 1.80. The number of nitrogens with two attached hydrogens (primary N) is 1. The van der Waals surface area contributed by atoms with Crippen LogP contribution in [0.4, 0.5) is 17.1 Å². The van der Waals surface area contributed by atoms with Gasteiger partial charge < -0.3 is 15.8 Å². The van der Waals surface area contributed by atoms with E-state index in [-0.39, 0.29) is 50.7 Å². The summed E-state index contributed by atoms with van der Waals surface area (Å²) in [7, 11) is -4.55. The van der Waals surface area contributed by atoms with Crippen LogP contribution < -0.4 is 15.8 Å². The van der Waals surface area contributed by atoms with Crippen molar-refractivity contribution >= 4 is 38.7 Å². The van der Waals surface area contributed by atoms with Gasteiger partial charge in [0.25, 0.3) is 10.1 Å². The molecular weight excluding hydrogens is 528 g/mol. The second-order valence-corrected chi connectivity index (χ2v) is 10.9. The molecule has 8 nitrogen and oxygen atoms in total. The molecule has 0 saturated heterocycles. The van der Waals surface area contributed by atoms with E-state index in [0.29, 0.717) is 29.0 Å². The van der Waals surface area contributed by atoms with E-state index < -0.39 is 21.7 Å². The molecule has 1 aliphatic rings. The van der Waals surface area contributed by atoms with Crippen LogP contribution in [0.2, 0.25) is 0 Å². The minimum atomic E-state index is -4.55. The van der Waals surface area contributed by atoms with Crippen LogP contribution in [0.5, 0.6) is 11.5 Å². The smallest absolute Gasteiger partial charge is 0.295 e. The third-order valence-electron chi connectivity index (χ3n) is 7.07. The standard InChI is InChI=1S/C31H28N2O6S/c1-4-18-15-17(3)31(40(36,37)38)20(5-2)28(18)33-23-16-24(39-19-11-7-6-8-12-19)27(32)26-25(23)29(34)21-13-9-10-14-22(21)30(26)35/h6-16,33H,4-5,32H2,1-3H3,(H,36,37,38). The molecule has 0 fully saturated rings. The SMILES string of the molecule is CCc1cc(C)c(S(=O)(=O)O)c(CC)c1Nc1cc(Oc2ccccc2)c(N)c2c1C(=O)c1ccccc1C2=O. The topological polar surface area (TPSA) is 136 Å². The highest BCUT2D eigenvalue weighted by molar-refractivity contribution is 7.86. The number of anilines is 3. The summed E-state index contributed by atoms with van der Waals surface area (Å²) in [5, 5.41) is 3.26. The van der Waals surface area contributed by atoms with Crippen LogP contribution in [0, 0.1) is 6.92 Å². The number of hydrogen-bond donors (Lipinski definition) is 3. The van der Waals surface area contributed by atoms with Gasteiger partial charge in [0.05, 0.1) is 22.5 Å². The van der Waals surface area contributed by atoms with Gasteiger partial charge >= 0.3 is 0 Å². The van der Waals surface area contributed by atoms with Gasteiger partial charge in [0.15, 0.2) is 17.3 Å². The Morgan fingerprint density at radius 1 is 0.875 bits per heavy atom. The molecule has 0 spiro atoms. The first-order valence-corrected chi connectivity index (χ1v) is 14.3. The van der Waals surface area contributed by atoms with E-state index >= 15 is 0 Å². The number of carbonyl (C=O) groups excluding carboxylic acids is 2.